The molecular weight excluding hydrogens is 315 g/mol. The Morgan fingerprint density at radius 3 is 2.56 bits per heavy atom. The van der Waals surface area contributed by atoms with Gasteiger partial charge in [0.15, 0.2) is 5.78 Å². The van der Waals surface area contributed by atoms with Gasteiger partial charge in [0.1, 0.15) is 9.49 Å². The summed E-state index contributed by atoms with van der Waals surface area (Å²) in [5.74, 6) is -0.110. The predicted octanol–water partition coefficient (Wildman–Crippen LogP) is 4.18. The first-order valence-electron chi connectivity index (χ1n) is 5.06. The molecule has 0 N–H and O–H groups in total. The highest BCUT2D eigenvalue weighted by Gasteiger charge is 2.19. The number of ketones is 1. The molecule has 0 saturated heterocycles. The van der Waals surface area contributed by atoms with Crippen LogP contribution in [-0.4, -0.2) is 15.6 Å². The van der Waals surface area contributed by atoms with Crippen molar-refractivity contribution < 1.29 is 4.79 Å². The summed E-state index contributed by atoms with van der Waals surface area (Å²) in [4.78, 5) is 12.1. The molecule has 0 fully saturated rings. The first kappa shape index (κ1) is 13.9. The fourth-order valence-electron chi connectivity index (χ4n) is 1.66. The third-order valence-corrected chi connectivity index (χ3v) is 4.52. The van der Waals surface area contributed by atoms with Gasteiger partial charge in [-0.05, 0) is 13.0 Å². The second kappa shape index (κ2) is 5.21. The van der Waals surface area contributed by atoms with Crippen LogP contribution in [0.3, 0.4) is 0 Å². The molecule has 3 nitrogen and oxygen atoms in total. The molecule has 2 heterocycles. The molecule has 2 rings (SSSR count). The van der Waals surface area contributed by atoms with E-state index < -0.39 is 0 Å². The lowest BCUT2D eigenvalue weighted by Gasteiger charge is -1.99. The number of hydrogen-bond donors (Lipinski definition) is 0. The lowest BCUT2D eigenvalue weighted by molar-refractivity contribution is 0.0993. The lowest BCUT2D eigenvalue weighted by atomic mass is 10.1. The van der Waals surface area contributed by atoms with Crippen molar-refractivity contribution in [1.82, 2.24) is 9.78 Å². The molecule has 0 aliphatic rings. The summed E-state index contributed by atoms with van der Waals surface area (Å²) in [6, 6.07) is 1.58. The Balaban J connectivity index is 2.29. The summed E-state index contributed by atoms with van der Waals surface area (Å²) in [5, 5.41) is 4.63. The van der Waals surface area contributed by atoms with Crippen molar-refractivity contribution in [3.8, 4) is 0 Å². The van der Waals surface area contributed by atoms with Crippen LogP contribution in [0.2, 0.25) is 13.8 Å². The van der Waals surface area contributed by atoms with E-state index in [1.54, 1.807) is 17.8 Å². The number of Topliss-reactive ketones (excluding diaryl/α,β-unsaturated/α-hetero) is 1. The fraction of sp³-hybridized carbons (Fsp3) is 0.273. The van der Waals surface area contributed by atoms with Crippen LogP contribution in [0, 0.1) is 6.92 Å². The zero-order valence-electron chi connectivity index (χ0n) is 9.63. The Kier molecular flexibility index (Phi) is 4.02. The Hall–Kier alpha value is -0.550. The van der Waals surface area contributed by atoms with Crippen LogP contribution in [-0.2, 0) is 13.5 Å². The van der Waals surface area contributed by atoms with Crippen LogP contribution in [0.4, 0.5) is 0 Å². The van der Waals surface area contributed by atoms with E-state index in [1.807, 2.05) is 6.92 Å². The molecule has 0 aliphatic heterocycles. The maximum Gasteiger partial charge on any atom is 0.169 e. The van der Waals surface area contributed by atoms with E-state index in [9.17, 15) is 4.79 Å². The number of carbonyl (C=O) groups is 1. The highest BCUT2D eigenvalue weighted by molar-refractivity contribution is 7.20. The average molecular weight is 324 g/mol. The van der Waals surface area contributed by atoms with Crippen LogP contribution < -0.4 is 0 Å². The predicted molar refractivity (Wildman–Crippen MR) is 75.3 cm³/mol. The summed E-state index contributed by atoms with van der Waals surface area (Å²) < 4.78 is 2.45. The molecule has 0 bridgehead atoms. The maximum absolute atomic E-state index is 12.1. The maximum atomic E-state index is 12.1. The molecule has 18 heavy (non-hydrogen) atoms. The Morgan fingerprint density at radius 2 is 2.11 bits per heavy atom. The molecular formula is C11H9Cl3N2OS. The molecule has 0 spiro atoms. The quantitative estimate of drug-likeness (QED) is 0.794. The third-order valence-electron chi connectivity index (χ3n) is 2.56. The molecule has 0 radical (unpaired) electrons. The summed E-state index contributed by atoms with van der Waals surface area (Å²) in [6.45, 7) is 1.82. The van der Waals surface area contributed by atoms with E-state index in [0.29, 0.717) is 19.4 Å². The van der Waals surface area contributed by atoms with Gasteiger partial charge in [-0.15, -0.1) is 11.3 Å². The second-order valence-electron chi connectivity index (χ2n) is 3.82. The first-order chi connectivity index (χ1) is 8.40. The number of nitrogens with zero attached hydrogens (tertiary/aromatic N) is 2. The Morgan fingerprint density at radius 1 is 1.44 bits per heavy atom. The van der Waals surface area contributed by atoms with Crippen molar-refractivity contribution in [2.45, 2.75) is 13.3 Å². The van der Waals surface area contributed by atoms with Gasteiger partial charge >= 0.3 is 0 Å². The average Bonchev–Trinajstić information content (AvgIpc) is 2.73. The van der Waals surface area contributed by atoms with E-state index in [4.69, 9.17) is 34.8 Å². The zero-order valence-corrected chi connectivity index (χ0v) is 12.7. The van der Waals surface area contributed by atoms with Gasteiger partial charge < -0.3 is 0 Å². The van der Waals surface area contributed by atoms with Gasteiger partial charge in [-0.1, -0.05) is 34.8 Å². The van der Waals surface area contributed by atoms with Crippen molar-refractivity contribution >= 4 is 51.9 Å². The minimum atomic E-state index is -0.110. The Labute approximate surface area is 123 Å². The van der Waals surface area contributed by atoms with Crippen LogP contribution in [0.15, 0.2) is 6.07 Å². The molecule has 2 aromatic heterocycles. The molecule has 0 amide bonds. The number of hydrogen-bond acceptors (Lipinski definition) is 3. The lowest BCUT2D eigenvalue weighted by Crippen LogP contribution is -2.03. The summed E-state index contributed by atoms with van der Waals surface area (Å²) in [7, 11) is 1.73. The van der Waals surface area contributed by atoms with E-state index in [2.05, 4.69) is 5.10 Å². The topological polar surface area (TPSA) is 34.9 Å². The third kappa shape index (κ3) is 2.57. The van der Waals surface area contributed by atoms with Gasteiger partial charge in [-0.3, -0.25) is 9.48 Å². The molecule has 0 aromatic carbocycles. The first-order valence-corrected chi connectivity index (χ1v) is 7.01. The van der Waals surface area contributed by atoms with Crippen LogP contribution >= 0.6 is 46.1 Å². The standard InChI is InChI=1S/C11H9Cl3N2OS/c1-5-6(10(13)16(2)15-5)3-8(17)7-4-9(12)18-11(7)14/h4H,3H2,1-2H3. The number of rotatable bonds is 3. The normalized spacial score (nSPS) is 10.9. The monoisotopic (exact) mass is 322 g/mol. The van der Waals surface area contributed by atoms with Crippen LogP contribution in [0.25, 0.3) is 0 Å². The van der Waals surface area contributed by atoms with Crippen LogP contribution in [0.1, 0.15) is 21.6 Å². The minimum Gasteiger partial charge on any atom is -0.294 e. The number of aromatic nitrogens is 2. The van der Waals surface area contributed by atoms with Gasteiger partial charge in [-0.2, -0.15) is 5.10 Å². The van der Waals surface area contributed by atoms with Crippen molar-refractivity contribution in [3.05, 3.63) is 36.7 Å². The van der Waals surface area contributed by atoms with E-state index in [-0.39, 0.29) is 12.2 Å². The number of carbonyl (C=O) groups excluding carboxylic acids is 1. The van der Waals surface area contributed by atoms with Crippen molar-refractivity contribution in [2.24, 2.45) is 7.05 Å². The smallest absolute Gasteiger partial charge is 0.169 e. The van der Waals surface area contributed by atoms with Crippen molar-refractivity contribution in [1.29, 1.82) is 0 Å². The van der Waals surface area contributed by atoms with Gasteiger partial charge in [0, 0.05) is 24.6 Å². The number of thiophene rings is 1. The molecule has 0 unspecified atom stereocenters. The van der Waals surface area contributed by atoms with Crippen LogP contribution in [0.5, 0.6) is 0 Å². The van der Waals surface area contributed by atoms with Gasteiger partial charge in [0.2, 0.25) is 0 Å². The highest BCUT2D eigenvalue weighted by Crippen LogP contribution is 2.32. The fourth-order valence-corrected chi connectivity index (χ4v) is 3.40. The molecule has 0 aliphatic carbocycles. The van der Waals surface area contributed by atoms with E-state index >= 15 is 0 Å². The molecule has 0 atom stereocenters. The number of halogens is 3. The van der Waals surface area contributed by atoms with Gasteiger partial charge in [-0.25, -0.2) is 0 Å². The molecule has 2 aromatic rings. The largest absolute Gasteiger partial charge is 0.294 e. The van der Waals surface area contributed by atoms with E-state index in [0.717, 1.165) is 11.3 Å². The highest BCUT2D eigenvalue weighted by atomic mass is 35.5. The summed E-state index contributed by atoms with van der Waals surface area (Å²) >= 11 is 19.0. The zero-order chi connectivity index (χ0) is 13.4. The minimum absolute atomic E-state index is 0.110. The Bertz CT molecular complexity index is 618. The van der Waals surface area contributed by atoms with Crippen molar-refractivity contribution in [3.63, 3.8) is 0 Å². The summed E-state index contributed by atoms with van der Waals surface area (Å²) in [5.41, 5.74) is 1.90. The summed E-state index contributed by atoms with van der Waals surface area (Å²) in [6.07, 6.45) is 0.172. The van der Waals surface area contributed by atoms with Crippen molar-refractivity contribution in [2.75, 3.05) is 0 Å². The van der Waals surface area contributed by atoms with Gasteiger partial charge in [0.25, 0.3) is 0 Å². The van der Waals surface area contributed by atoms with E-state index in [1.165, 1.54) is 11.3 Å². The molecule has 7 heteroatoms. The molecule has 0 saturated carbocycles. The van der Waals surface area contributed by atoms with Gasteiger partial charge in [0.05, 0.1) is 10.0 Å². The second-order valence-corrected chi connectivity index (χ2v) is 6.46. The number of aryl methyl sites for hydroxylation is 2. The molecule has 96 valence electrons. The SMILES string of the molecule is Cc1nn(C)c(Cl)c1CC(=O)c1cc(Cl)sc1Cl.